The quantitative estimate of drug-likeness (QED) is 0.789. The maximum atomic E-state index is 3.41. The molecule has 0 aliphatic heterocycles. The van der Waals surface area contributed by atoms with Gasteiger partial charge < -0.3 is 5.32 Å². The molecule has 0 radical (unpaired) electrons. The lowest BCUT2D eigenvalue weighted by atomic mass is 9.80. The van der Waals surface area contributed by atoms with E-state index in [1.807, 2.05) is 0 Å². The summed E-state index contributed by atoms with van der Waals surface area (Å²) in [6.45, 7) is 2.27. The molecule has 100 valence electrons. The van der Waals surface area contributed by atoms with Gasteiger partial charge in [-0.2, -0.15) is 0 Å². The molecule has 2 rings (SSSR count). The van der Waals surface area contributed by atoms with E-state index in [1.54, 1.807) is 11.1 Å². The lowest BCUT2D eigenvalue weighted by Gasteiger charge is -2.26. The molecule has 0 aromatic heterocycles. The Bertz CT molecular complexity index is 354. The van der Waals surface area contributed by atoms with Crippen molar-refractivity contribution in [3.05, 3.63) is 35.4 Å². The van der Waals surface area contributed by atoms with E-state index in [4.69, 9.17) is 0 Å². The minimum atomic E-state index is 0.712. The second-order valence-electron chi connectivity index (χ2n) is 5.61. The van der Waals surface area contributed by atoms with Gasteiger partial charge in [-0.1, -0.05) is 37.6 Å². The first-order valence-electron chi connectivity index (χ1n) is 7.60. The minimum Gasteiger partial charge on any atom is -0.317 e. The number of hydrogen-bond acceptors (Lipinski definition) is 1. The van der Waals surface area contributed by atoms with E-state index in [1.165, 1.54) is 44.9 Å². The van der Waals surface area contributed by atoms with Crippen molar-refractivity contribution in [3.63, 3.8) is 0 Å². The molecule has 1 aromatic carbocycles. The Morgan fingerprint density at radius 1 is 1.33 bits per heavy atom. The van der Waals surface area contributed by atoms with Gasteiger partial charge in [-0.25, -0.2) is 0 Å². The Hall–Kier alpha value is -0.820. The highest BCUT2D eigenvalue weighted by Gasteiger charge is 2.19. The van der Waals surface area contributed by atoms with E-state index in [0.717, 1.165) is 5.92 Å². The number of fused-ring (bicyclic) bond motifs is 1. The normalized spacial score (nSPS) is 20.4. The van der Waals surface area contributed by atoms with Crippen LogP contribution in [-0.2, 0) is 6.42 Å². The van der Waals surface area contributed by atoms with Crippen LogP contribution in [0.4, 0.5) is 0 Å². The molecule has 1 aromatic rings. The van der Waals surface area contributed by atoms with Crippen LogP contribution in [0.15, 0.2) is 24.3 Å². The average Bonchev–Trinajstić information content (AvgIpc) is 2.44. The average molecular weight is 245 g/mol. The Balaban J connectivity index is 1.87. The Kier molecular flexibility index (Phi) is 5.25. The molecule has 0 amide bonds. The molecular weight excluding hydrogens is 218 g/mol. The van der Waals surface area contributed by atoms with Crippen LogP contribution in [-0.4, -0.2) is 13.1 Å². The summed E-state index contributed by atoms with van der Waals surface area (Å²) >= 11 is 0. The van der Waals surface area contributed by atoms with Gasteiger partial charge in [0.15, 0.2) is 0 Å². The van der Waals surface area contributed by atoms with Crippen molar-refractivity contribution in [1.82, 2.24) is 5.32 Å². The lowest BCUT2D eigenvalue weighted by molar-refractivity contribution is 0.442. The third-order valence-corrected chi connectivity index (χ3v) is 4.50. The van der Waals surface area contributed by atoms with Crippen LogP contribution in [0.1, 0.15) is 62.5 Å². The third kappa shape index (κ3) is 3.35. The van der Waals surface area contributed by atoms with Crippen LogP contribution in [0.5, 0.6) is 0 Å². The zero-order valence-electron chi connectivity index (χ0n) is 11.9. The monoisotopic (exact) mass is 245 g/mol. The summed E-state index contributed by atoms with van der Waals surface area (Å²) in [5.74, 6) is 0.823. The summed E-state index contributed by atoms with van der Waals surface area (Å²) in [4.78, 5) is 0. The van der Waals surface area contributed by atoms with E-state index in [2.05, 4.69) is 43.6 Å². The maximum Gasteiger partial charge on any atom is 0.00614 e. The van der Waals surface area contributed by atoms with E-state index in [0.29, 0.717) is 6.04 Å². The molecule has 0 spiro atoms. The first-order chi connectivity index (χ1) is 8.85. The number of rotatable bonds is 6. The van der Waals surface area contributed by atoms with Crippen LogP contribution < -0.4 is 5.32 Å². The fourth-order valence-corrected chi connectivity index (χ4v) is 3.32. The molecule has 1 nitrogen and oxygen atoms in total. The van der Waals surface area contributed by atoms with Crippen molar-refractivity contribution < 1.29 is 0 Å². The highest BCUT2D eigenvalue weighted by molar-refractivity contribution is 5.32. The summed E-state index contributed by atoms with van der Waals surface area (Å²) < 4.78 is 0. The Morgan fingerprint density at radius 3 is 2.94 bits per heavy atom. The molecule has 1 aliphatic carbocycles. The van der Waals surface area contributed by atoms with Crippen LogP contribution in [0.2, 0.25) is 0 Å². The van der Waals surface area contributed by atoms with E-state index >= 15 is 0 Å². The molecule has 1 aliphatic rings. The van der Waals surface area contributed by atoms with Gasteiger partial charge in [0.2, 0.25) is 0 Å². The SMILES string of the molecule is CCC(CCCC1CCCc2ccccc21)NC. The van der Waals surface area contributed by atoms with Gasteiger partial charge >= 0.3 is 0 Å². The number of aryl methyl sites for hydroxylation is 1. The van der Waals surface area contributed by atoms with Crippen molar-refractivity contribution in [2.45, 2.75) is 63.8 Å². The summed E-state index contributed by atoms with van der Waals surface area (Å²) in [5, 5.41) is 3.41. The van der Waals surface area contributed by atoms with E-state index in [-0.39, 0.29) is 0 Å². The summed E-state index contributed by atoms with van der Waals surface area (Å²) in [6.07, 6.45) is 9.37. The fraction of sp³-hybridized carbons (Fsp3) is 0.647. The summed E-state index contributed by atoms with van der Waals surface area (Å²) in [7, 11) is 2.09. The van der Waals surface area contributed by atoms with Gasteiger partial charge in [0.1, 0.15) is 0 Å². The molecule has 1 N–H and O–H groups in total. The molecule has 18 heavy (non-hydrogen) atoms. The highest BCUT2D eigenvalue weighted by atomic mass is 14.9. The number of benzene rings is 1. The number of nitrogens with one attached hydrogen (secondary N) is 1. The molecule has 2 atom stereocenters. The smallest absolute Gasteiger partial charge is 0.00614 e. The van der Waals surface area contributed by atoms with Crippen LogP contribution >= 0.6 is 0 Å². The van der Waals surface area contributed by atoms with Crippen molar-refractivity contribution in [3.8, 4) is 0 Å². The van der Waals surface area contributed by atoms with Gasteiger partial charge in [0.05, 0.1) is 0 Å². The third-order valence-electron chi connectivity index (χ3n) is 4.50. The first-order valence-corrected chi connectivity index (χ1v) is 7.60. The number of hydrogen-bond donors (Lipinski definition) is 1. The fourth-order valence-electron chi connectivity index (χ4n) is 3.32. The predicted molar refractivity (Wildman–Crippen MR) is 79.1 cm³/mol. The second-order valence-corrected chi connectivity index (χ2v) is 5.61. The predicted octanol–water partition coefficient (Wildman–Crippen LogP) is 4.27. The van der Waals surface area contributed by atoms with Gasteiger partial charge in [-0.3, -0.25) is 0 Å². The highest BCUT2D eigenvalue weighted by Crippen LogP contribution is 2.34. The van der Waals surface area contributed by atoms with Crippen LogP contribution in [0, 0.1) is 0 Å². The Morgan fingerprint density at radius 2 is 2.17 bits per heavy atom. The van der Waals surface area contributed by atoms with E-state index < -0.39 is 0 Å². The Labute approximate surface area is 112 Å². The van der Waals surface area contributed by atoms with Crippen molar-refractivity contribution in [1.29, 1.82) is 0 Å². The van der Waals surface area contributed by atoms with Crippen molar-refractivity contribution >= 4 is 0 Å². The zero-order valence-corrected chi connectivity index (χ0v) is 11.9. The topological polar surface area (TPSA) is 12.0 Å². The van der Waals surface area contributed by atoms with E-state index in [9.17, 15) is 0 Å². The molecule has 0 heterocycles. The molecule has 0 fully saturated rings. The molecule has 2 unspecified atom stereocenters. The molecule has 0 saturated carbocycles. The van der Waals surface area contributed by atoms with Gasteiger partial charge in [-0.15, -0.1) is 0 Å². The molecular formula is C17H27N. The van der Waals surface area contributed by atoms with Crippen LogP contribution in [0.25, 0.3) is 0 Å². The summed E-state index contributed by atoms with van der Waals surface area (Å²) in [6, 6.07) is 9.79. The maximum absolute atomic E-state index is 3.41. The second kappa shape index (κ2) is 6.94. The minimum absolute atomic E-state index is 0.712. The van der Waals surface area contributed by atoms with Crippen molar-refractivity contribution in [2.24, 2.45) is 0 Å². The van der Waals surface area contributed by atoms with Crippen molar-refractivity contribution in [2.75, 3.05) is 7.05 Å². The standard InChI is InChI=1S/C17H27N/c1-3-16(18-2)12-7-11-15-10-6-9-14-8-4-5-13-17(14)15/h4-5,8,13,15-16,18H,3,6-7,9-12H2,1-2H3. The molecule has 0 bridgehead atoms. The zero-order chi connectivity index (χ0) is 12.8. The van der Waals surface area contributed by atoms with Gasteiger partial charge in [-0.05, 0) is 62.6 Å². The molecule has 0 saturated heterocycles. The summed E-state index contributed by atoms with van der Waals surface area (Å²) in [5.41, 5.74) is 3.25. The van der Waals surface area contributed by atoms with Gasteiger partial charge in [0.25, 0.3) is 0 Å². The lowest BCUT2D eigenvalue weighted by Crippen LogP contribution is -2.24. The first kappa shape index (κ1) is 13.6. The van der Waals surface area contributed by atoms with Gasteiger partial charge in [0, 0.05) is 6.04 Å². The largest absolute Gasteiger partial charge is 0.317 e. The molecule has 1 heteroatoms. The van der Waals surface area contributed by atoms with Crippen LogP contribution in [0.3, 0.4) is 0 Å².